The topological polar surface area (TPSA) is 59.1 Å². The lowest BCUT2D eigenvalue weighted by Crippen LogP contribution is -2.45. The summed E-state index contributed by atoms with van der Waals surface area (Å²) in [6, 6.07) is 17.7. The number of methoxy groups -OCH3 is 1. The lowest BCUT2D eigenvalue weighted by molar-refractivity contribution is -0.142. The van der Waals surface area contributed by atoms with Crippen molar-refractivity contribution in [2.24, 2.45) is 0 Å². The van der Waals surface area contributed by atoms with Crippen LogP contribution in [-0.4, -0.2) is 56.2 Å². The molecule has 0 saturated carbocycles. The summed E-state index contributed by atoms with van der Waals surface area (Å²) >= 11 is 0. The number of amides is 1. The van der Waals surface area contributed by atoms with Crippen molar-refractivity contribution in [2.75, 3.05) is 38.3 Å². The fraction of sp³-hybridized carbons (Fsp3) is 0.417. The van der Waals surface area contributed by atoms with Gasteiger partial charge in [-0.2, -0.15) is 0 Å². The van der Waals surface area contributed by atoms with E-state index >= 15 is 0 Å². The van der Waals surface area contributed by atoms with Crippen LogP contribution in [0.15, 0.2) is 54.6 Å². The van der Waals surface area contributed by atoms with Crippen LogP contribution in [0.4, 0.5) is 5.69 Å². The van der Waals surface area contributed by atoms with Gasteiger partial charge in [0.05, 0.1) is 20.3 Å². The standard InChI is InChI=1S/C24H30N2O4/c1-3-30-24(28)18-26(20-10-5-4-6-11-20)23(27)17-25-14-8-12-21(25)15-19-9-7-13-22(16-19)29-2/h4-7,9-11,13,16,21H,3,8,12,14-15,17-18H2,1-2H3. The molecular formula is C24H30N2O4. The normalized spacial score (nSPS) is 16.3. The fourth-order valence-corrected chi connectivity index (χ4v) is 3.93. The van der Waals surface area contributed by atoms with Crippen LogP contribution >= 0.6 is 0 Å². The number of likely N-dealkylation sites (tertiary alicyclic amines) is 1. The number of benzene rings is 2. The maximum Gasteiger partial charge on any atom is 0.326 e. The molecule has 2 aromatic rings. The van der Waals surface area contributed by atoms with E-state index in [2.05, 4.69) is 17.0 Å². The molecule has 1 saturated heterocycles. The molecule has 1 heterocycles. The molecule has 1 aliphatic heterocycles. The molecule has 0 aromatic heterocycles. The number of carbonyl (C=O) groups is 2. The maximum absolute atomic E-state index is 13.2. The summed E-state index contributed by atoms with van der Waals surface area (Å²) in [6.45, 7) is 3.14. The van der Waals surface area contributed by atoms with Gasteiger partial charge in [0, 0.05) is 11.7 Å². The van der Waals surface area contributed by atoms with Crippen molar-refractivity contribution in [1.29, 1.82) is 0 Å². The summed E-state index contributed by atoms with van der Waals surface area (Å²) < 4.78 is 10.4. The average Bonchev–Trinajstić information content (AvgIpc) is 3.19. The summed E-state index contributed by atoms with van der Waals surface area (Å²) in [5.41, 5.74) is 1.91. The van der Waals surface area contributed by atoms with Crippen molar-refractivity contribution < 1.29 is 19.1 Å². The van der Waals surface area contributed by atoms with Gasteiger partial charge in [-0.3, -0.25) is 14.5 Å². The van der Waals surface area contributed by atoms with Crippen molar-refractivity contribution in [3.8, 4) is 5.75 Å². The van der Waals surface area contributed by atoms with Crippen LogP contribution in [0.1, 0.15) is 25.3 Å². The van der Waals surface area contributed by atoms with Gasteiger partial charge in [0.15, 0.2) is 0 Å². The Morgan fingerprint density at radius 2 is 1.93 bits per heavy atom. The molecule has 6 heteroatoms. The van der Waals surface area contributed by atoms with Crippen LogP contribution in [-0.2, 0) is 20.7 Å². The minimum Gasteiger partial charge on any atom is -0.497 e. The number of esters is 1. The number of anilines is 1. The van der Waals surface area contributed by atoms with Gasteiger partial charge in [0.1, 0.15) is 12.3 Å². The summed E-state index contributed by atoms with van der Waals surface area (Å²) in [5.74, 6) is 0.355. The number of ether oxygens (including phenoxy) is 2. The van der Waals surface area contributed by atoms with E-state index in [1.807, 2.05) is 42.5 Å². The highest BCUT2D eigenvalue weighted by atomic mass is 16.5. The van der Waals surface area contributed by atoms with Crippen molar-refractivity contribution in [1.82, 2.24) is 4.90 Å². The lowest BCUT2D eigenvalue weighted by atomic mass is 10.0. The Kier molecular flexibility index (Phi) is 7.85. The molecule has 160 valence electrons. The minimum absolute atomic E-state index is 0.0783. The van der Waals surface area contributed by atoms with Gasteiger partial charge in [0.2, 0.25) is 5.91 Å². The number of carbonyl (C=O) groups excluding carboxylic acids is 2. The Balaban J connectivity index is 1.69. The first-order chi connectivity index (χ1) is 14.6. The first-order valence-electron chi connectivity index (χ1n) is 10.5. The van der Waals surface area contributed by atoms with Crippen molar-refractivity contribution in [2.45, 2.75) is 32.2 Å². The van der Waals surface area contributed by atoms with Gasteiger partial charge in [-0.25, -0.2) is 0 Å². The molecular weight excluding hydrogens is 380 g/mol. The number of nitrogens with zero attached hydrogens (tertiary/aromatic N) is 2. The highest BCUT2D eigenvalue weighted by Gasteiger charge is 2.29. The van der Waals surface area contributed by atoms with E-state index in [0.29, 0.717) is 18.3 Å². The average molecular weight is 411 g/mol. The second-order valence-electron chi connectivity index (χ2n) is 7.44. The SMILES string of the molecule is CCOC(=O)CN(C(=O)CN1CCCC1Cc1cccc(OC)c1)c1ccccc1. The van der Waals surface area contributed by atoms with E-state index in [0.717, 1.165) is 31.6 Å². The highest BCUT2D eigenvalue weighted by molar-refractivity contribution is 5.98. The van der Waals surface area contributed by atoms with E-state index in [9.17, 15) is 9.59 Å². The molecule has 0 aliphatic carbocycles. The highest BCUT2D eigenvalue weighted by Crippen LogP contribution is 2.24. The van der Waals surface area contributed by atoms with Crippen molar-refractivity contribution in [3.63, 3.8) is 0 Å². The van der Waals surface area contributed by atoms with Crippen molar-refractivity contribution in [3.05, 3.63) is 60.2 Å². The third-order valence-electron chi connectivity index (χ3n) is 5.40. The van der Waals surface area contributed by atoms with E-state index in [1.54, 1.807) is 14.0 Å². The van der Waals surface area contributed by atoms with Gasteiger partial charge in [-0.15, -0.1) is 0 Å². The molecule has 0 radical (unpaired) electrons. The summed E-state index contributed by atoms with van der Waals surface area (Å²) in [7, 11) is 1.67. The monoisotopic (exact) mass is 410 g/mol. The Morgan fingerprint density at radius 3 is 2.67 bits per heavy atom. The van der Waals surface area contributed by atoms with Crippen LogP contribution in [0.25, 0.3) is 0 Å². The third-order valence-corrected chi connectivity index (χ3v) is 5.40. The second kappa shape index (κ2) is 10.8. The Bertz CT molecular complexity index is 840. The summed E-state index contributed by atoms with van der Waals surface area (Å²) in [4.78, 5) is 29.0. The molecule has 1 atom stereocenters. The quantitative estimate of drug-likeness (QED) is 0.594. The summed E-state index contributed by atoms with van der Waals surface area (Å²) in [6.07, 6.45) is 2.98. The first-order valence-corrected chi connectivity index (χ1v) is 10.5. The van der Waals surface area contributed by atoms with Gasteiger partial charge in [-0.05, 0) is 62.6 Å². The summed E-state index contributed by atoms with van der Waals surface area (Å²) in [5, 5.41) is 0. The predicted molar refractivity (Wildman–Crippen MR) is 117 cm³/mol. The van der Waals surface area contributed by atoms with E-state index < -0.39 is 5.97 Å². The van der Waals surface area contributed by atoms with Crippen LogP contribution in [0.2, 0.25) is 0 Å². The third kappa shape index (κ3) is 5.83. The number of hydrogen-bond donors (Lipinski definition) is 0. The molecule has 0 N–H and O–H groups in total. The van der Waals surface area contributed by atoms with Crippen LogP contribution in [0, 0.1) is 0 Å². The van der Waals surface area contributed by atoms with Gasteiger partial charge in [-0.1, -0.05) is 30.3 Å². The maximum atomic E-state index is 13.2. The minimum atomic E-state index is -0.399. The molecule has 1 unspecified atom stereocenters. The lowest BCUT2D eigenvalue weighted by Gasteiger charge is -2.28. The molecule has 2 aromatic carbocycles. The van der Waals surface area contributed by atoms with E-state index in [4.69, 9.17) is 9.47 Å². The largest absolute Gasteiger partial charge is 0.497 e. The first kappa shape index (κ1) is 21.8. The molecule has 30 heavy (non-hydrogen) atoms. The zero-order valence-corrected chi connectivity index (χ0v) is 17.8. The van der Waals surface area contributed by atoms with Gasteiger partial charge >= 0.3 is 5.97 Å². The van der Waals surface area contributed by atoms with Gasteiger partial charge in [0.25, 0.3) is 0 Å². The molecule has 0 spiro atoms. The number of rotatable bonds is 9. The molecule has 3 rings (SSSR count). The molecule has 0 bridgehead atoms. The fourth-order valence-electron chi connectivity index (χ4n) is 3.93. The molecule has 1 fully saturated rings. The Labute approximate surface area is 178 Å². The number of para-hydroxylation sites is 1. The zero-order chi connectivity index (χ0) is 21.3. The van der Waals surface area contributed by atoms with Crippen LogP contribution in [0.3, 0.4) is 0 Å². The zero-order valence-electron chi connectivity index (χ0n) is 17.8. The Hall–Kier alpha value is -2.86. The molecule has 1 amide bonds. The van der Waals surface area contributed by atoms with E-state index in [1.165, 1.54) is 10.5 Å². The smallest absolute Gasteiger partial charge is 0.326 e. The molecule has 1 aliphatic rings. The Morgan fingerprint density at radius 1 is 1.13 bits per heavy atom. The predicted octanol–water partition coefficient (Wildman–Crippen LogP) is 3.30. The van der Waals surface area contributed by atoms with Crippen LogP contribution in [0.5, 0.6) is 5.75 Å². The van der Waals surface area contributed by atoms with Gasteiger partial charge < -0.3 is 14.4 Å². The van der Waals surface area contributed by atoms with E-state index in [-0.39, 0.29) is 19.0 Å². The number of hydrogen-bond acceptors (Lipinski definition) is 5. The molecule has 6 nitrogen and oxygen atoms in total. The second-order valence-corrected chi connectivity index (χ2v) is 7.44. The van der Waals surface area contributed by atoms with Crippen molar-refractivity contribution >= 4 is 17.6 Å². The van der Waals surface area contributed by atoms with Crippen LogP contribution < -0.4 is 9.64 Å².